The highest BCUT2D eigenvalue weighted by Gasteiger charge is 2.34. The second-order valence-corrected chi connectivity index (χ2v) is 7.09. The Balaban J connectivity index is 1.88. The van der Waals surface area contributed by atoms with E-state index in [4.69, 9.17) is 4.74 Å². The van der Waals surface area contributed by atoms with Crippen LogP contribution in [-0.2, 0) is 4.74 Å². The lowest BCUT2D eigenvalue weighted by molar-refractivity contribution is 0.00429. The number of nitrogens with one attached hydrogen (secondary N) is 1. The van der Waals surface area contributed by atoms with Gasteiger partial charge in [-0.3, -0.25) is 0 Å². The first-order valence-corrected chi connectivity index (χ1v) is 7.76. The third-order valence-corrected chi connectivity index (χ3v) is 3.76. The third kappa shape index (κ3) is 4.41. The zero-order valence-electron chi connectivity index (χ0n) is 14.2. The highest BCUT2D eigenvalue weighted by atomic mass is 19.1. The molecular weight excluding hydrogens is 302 g/mol. The van der Waals surface area contributed by atoms with Crippen LogP contribution in [-0.4, -0.2) is 35.7 Å². The summed E-state index contributed by atoms with van der Waals surface area (Å²) in [6.45, 7) is 9.75. The summed E-state index contributed by atoms with van der Waals surface area (Å²) in [7, 11) is 0. The van der Waals surface area contributed by atoms with Gasteiger partial charge < -0.3 is 15.0 Å². The van der Waals surface area contributed by atoms with E-state index in [0.717, 1.165) is 0 Å². The van der Waals surface area contributed by atoms with Crippen molar-refractivity contribution in [3.05, 3.63) is 34.9 Å². The number of rotatable bonds is 3. The second-order valence-electron chi connectivity index (χ2n) is 7.09. The van der Waals surface area contributed by atoms with E-state index in [0.29, 0.717) is 18.7 Å². The number of carbonyl (C=O) groups excluding carboxylic acids is 1. The largest absolute Gasteiger partial charge is 0.444 e. The van der Waals surface area contributed by atoms with Gasteiger partial charge in [0.25, 0.3) is 0 Å². The summed E-state index contributed by atoms with van der Waals surface area (Å²) in [4.78, 5) is 13.4. The summed E-state index contributed by atoms with van der Waals surface area (Å²) in [5.74, 6) is -0.841. The van der Waals surface area contributed by atoms with Crippen molar-refractivity contribution in [1.29, 1.82) is 0 Å². The maximum atomic E-state index is 14.0. The Kier molecular flexibility index (Phi) is 4.94. The molecule has 2 rings (SSSR count). The molecule has 4 nitrogen and oxygen atoms in total. The van der Waals surface area contributed by atoms with Crippen molar-refractivity contribution >= 4 is 6.09 Å². The molecular formula is C17H24F2N2O2. The van der Waals surface area contributed by atoms with Gasteiger partial charge >= 0.3 is 6.09 Å². The number of halogens is 2. The molecule has 0 aromatic heterocycles. The molecule has 0 radical (unpaired) electrons. The van der Waals surface area contributed by atoms with Crippen LogP contribution < -0.4 is 5.32 Å². The van der Waals surface area contributed by atoms with Gasteiger partial charge in [-0.2, -0.15) is 0 Å². The Morgan fingerprint density at radius 1 is 1.30 bits per heavy atom. The Labute approximate surface area is 135 Å². The second kappa shape index (κ2) is 6.43. The average molecular weight is 326 g/mol. The molecule has 23 heavy (non-hydrogen) atoms. The minimum atomic E-state index is -0.522. The van der Waals surface area contributed by atoms with Crippen LogP contribution in [0.1, 0.15) is 44.9 Å². The fourth-order valence-electron chi connectivity index (χ4n) is 2.50. The molecule has 0 saturated carbocycles. The smallest absolute Gasteiger partial charge is 0.410 e. The predicted octanol–water partition coefficient (Wildman–Crippen LogP) is 3.54. The maximum absolute atomic E-state index is 14.0. The summed E-state index contributed by atoms with van der Waals surface area (Å²) in [6, 6.07) is 2.14. The first-order chi connectivity index (χ1) is 10.6. The van der Waals surface area contributed by atoms with Crippen LogP contribution in [0.15, 0.2) is 12.1 Å². The zero-order chi connectivity index (χ0) is 17.4. The van der Waals surface area contributed by atoms with Crippen molar-refractivity contribution in [2.45, 2.75) is 52.3 Å². The molecule has 1 fully saturated rings. The Morgan fingerprint density at radius 3 is 2.48 bits per heavy atom. The van der Waals surface area contributed by atoms with Gasteiger partial charge in [0.1, 0.15) is 17.2 Å². The minimum Gasteiger partial charge on any atom is -0.444 e. The summed E-state index contributed by atoms with van der Waals surface area (Å²) >= 11 is 0. The first-order valence-electron chi connectivity index (χ1n) is 7.76. The molecule has 1 N–H and O–H groups in total. The molecule has 0 bridgehead atoms. The van der Waals surface area contributed by atoms with E-state index < -0.39 is 17.2 Å². The molecule has 1 unspecified atom stereocenters. The quantitative estimate of drug-likeness (QED) is 0.924. The van der Waals surface area contributed by atoms with E-state index in [2.05, 4.69) is 5.32 Å². The van der Waals surface area contributed by atoms with Gasteiger partial charge in [-0.15, -0.1) is 0 Å². The van der Waals surface area contributed by atoms with Gasteiger partial charge in [0.05, 0.1) is 0 Å². The number of hydrogen-bond acceptors (Lipinski definition) is 3. The van der Waals surface area contributed by atoms with E-state index in [9.17, 15) is 13.6 Å². The Morgan fingerprint density at radius 2 is 1.91 bits per heavy atom. The number of hydrogen-bond donors (Lipinski definition) is 1. The number of amides is 1. The van der Waals surface area contributed by atoms with Crippen molar-refractivity contribution in [2.75, 3.05) is 13.1 Å². The van der Waals surface area contributed by atoms with E-state index >= 15 is 0 Å². The van der Waals surface area contributed by atoms with Crippen LogP contribution in [0.3, 0.4) is 0 Å². The first kappa shape index (κ1) is 17.7. The molecule has 1 aliphatic rings. The molecule has 1 aromatic carbocycles. The van der Waals surface area contributed by atoms with E-state index in [1.165, 1.54) is 19.1 Å². The highest BCUT2D eigenvalue weighted by Crippen LogP contribution is 2.23. The SMILES string of the molecule is Cc1cc(F)c(C(C)NC2CN(C(=O)OC(C)(C)C)C2)cc1F. The normalized spacial score (nSPS) is 16.9. The van der Waals surface area contributed by atoms with Crippen molar-refractivity contribution in [2.24, 2.45) is 0 Å². The predicted molar refractivity (Wildman–Crippen MR) is 84.2 cm³/mol. The van der Waals surface area contributed by atoms with Crippen molar-refractivity contribution in [3.8, 4) is 0 Å². The van der Waals surface area contributed by atoms with Crippen LogP contribution >= 0.6 is 0 Å². The maximum Gasteiger partial charge on any atom is 0.410 e. The molecule has 1 amide bonds. The number of likely N-dealkylation sites (tertiary alicyclic amines) is 1. The molecule has 0 spiro atoms. The summed E-state index contributed by atoms with van der Waals surface area (Å²) in [5.41, 5.74) is 0.0628. The van der Waals surface area contributed by atoms with Crippen LogP contribution in [0, 0.1) is 18.6 Å². The van der Waals surface area contributed by atoms with Gasteiger partial charge in [-0.1, -0.05) is 0 Å². The Hall–Kier alpha value is -1.69. The number of ether oxygens (including phenoxy) is 1. The van der Waals surface area contributed by atoms with Crippen LogP contribution in [0.4, 0.5) is 13.6 Å². The summed E-state index contributed by atoms with van der Waals surface area (Å²) < 4.78 is 32.8. The van der Waals surface area contributed by atoms with Gasteiger partial charge in [-0.25, -0.2) is 13.6 Å². The monoisotopic (exact) mass is 326 g/mol. The molecule has 1 heterocycles. The summed E-state index contributed by atoms with van der Waals surface area (Å²) in [6.07, 6.45) is -0.351. The molecule has 0 aliphatic carbocycles. The van der Waals surface area contributed by atoms with E-state index in [-0.39, 0.29) is 23.7 Å². The lowest BCUT2D eigenvalue weighted by atomic mass is 10.0. The number of benzene rings is 1. The Bertz CT molecular complexity index is 593. The zero-order valence-corrected chi connectivity index (χ0v) is 14.2. The van der Waals surface area contributed by atoms with Gasteiger partial charge in [0, 0.05) is 30.7 Å². The van der Waals surface area contributed by atoms with Gasteiger partial charge in [0.15, 0.2) is 0 Å². The van der Waals surface area contributed by atoms with Crippen LogP contribution in [0.2, 0.25) is 0 Å². The van der Waals surface area contributed by atoms with Gasteiger partial charge in [-0.05, 0) is 52.3 Å². The standard InChI is InChI=1S/C17H24F2N2O2/c1-10-6-15(19)13(7-14(10)18)11(2)20-12-8-21(9-12)16(22)23-17(3,4)5/h6-7,11-12,20H,8-9H2,1-5H3. The van der Waals surface area contributed by atoms with Crippen molar-refractivity contribution in [3.63, 3.8) is 0 Å². The fraction of sp³-hybridized carbons (Fsp3) is 0.588. The average Bonchev–Trinajstić information content (AvgIpc) is 2.35. The molecule has 1 aromatic rings. The fourth-order valence-corrected chi connectivity index (χ4v) is 2.50. The lowest BCUT2D eigenvalue weighted by Crippen LogP contribution is -2.60. The van der Waals surface area contributed by atoms with Crippen molar-refractivity contribution < 1.29 is 18.3 Å². The molecule has 128 valence electrons. The topological polar surface area (TPSA) is 41.6 Å². The minimum absolute atomic E-state index is 0.0429. The lowest BCUT2D eigenvalue weighted by Gasteiger charge is -2.41. The number of carbonyl (C=O) groups is 1. The highest BCUT2D eigenvalue weighted by molar-refractivity contribution is 5.69. The summed E-state index contributed by atoms with van der Waals surface area (Å²) in [5, 5.41) is 3.21. The van der Waals surface area contributed by atoms with Gasteiger partial charge in [0.2, 0.25) is 0 Å². The molecule has 6 heteroatoms. The molecule has 1 saturated heterocycles. The number of nitrogens with zero attached hydrogens (tertiary/aromatic N) is 1. The van der Waals surface area contributed by atoms with Crippen molar-refractivity contribution in [1.82, 2.24) is 10.2 Å². The van der Waals surface area contributed by atoms with Crippen LogP contribution in [0.25, 0.3) is 0 Å². The van der Waals surface area contributed by atoms with Crippen LogP contribution in [0.5, 0.6) is 0 Å². The number of aryl methyl sites for hydroxylation is 1. The third-order valence-electron chi connectivity index (χ3n) is 3.76. The molecule has 1 atom stereocenters. The molecule has 1 aliphatic heterocycles. The van der Waals surface area contributed by atoms with E-state index in [1.807, 2.05) is 20.8 Å². The van der Waals surface area contributed by atoms with E-state index in [1.54, 1.807) is 11.8 Å².